The lowest BCUT2D eigenvalue weighted by Crippen LogP contribution is -2.38. The van der Waals surface area contributed by atoms with E-state index in [0.717, 1.165) is 41.1 Å². The minimum absolute atomic E-state index is 0.149. The molecule has 1 aliphatic carbocycles. The summed E-state index contributed by atoms with van der Waals surface area (Å²) in [6, 6.07) is 17.4. The maximum absolute atomic E-state index is 14.1. The van der Waals surface area contributed by atoms with Crippen molar-refractivity contribution in [2.24, 2.45) is 0 Å². The van der Waals surface area contributed by atoms with Gasteiger partial charge in [-0.2, -0.15) is 0 Å². The van der Waals surface area contributed by atoms with Crippen molar-refractivity contribution in [1.82, 2.24) is 9.47 Å². The van der Waals surface area contributed by atoms with Gasteiger partial charge in [-0.3, -0.25) is 0 Å². The fraction of sp³-hybridized carbons (Fsp3) is 0.276. The Balaban J connectivity index is 1.51. The van der Waals surface area contributed by atoms with Gasteiger partial charge >= 0.3 is 6.03 Å². The highest BCUT2D eigenvalue weighted by Crippen LogP contribution is 2.44. The van der Waals surface area contributed by atoms with Crippen LogP contribution in [0.15, 0.2) is 60.8 Å². The number of halogens is 1. The van der Waals surface area contributed by atoms with Crippen molar-refractivity contribution in [2.75, 3.05) is 12.4 Å². The van der Waals surface area contributed by atoms with Crippen molar-refractivity contribution < 1.29 is 9.53 Å². The zero-order valence-electron chi connectivity index (χ0n) is 20.4. The number of nitrogens with one attached hydrogen (secondary N) is 1. The molecule has 0 saturated heterocycles. The molecule has 1 atom stereocenters. The summed E-state index contributed by atoms with van der Waals surface area (Å²) in [7, 11) is 1.67. The average molecular weight is 518 g/mol. The molecule has 2 amide bonds. The number of carbonyl (C=O) groups is 1. The molecule has 7 heteroatoms. The van der Waals surface area contributed by atoms with Crippen LogP contribution >= 0.6 is 22.9 Å². The number of aromatic nitrogens is 1. The maximum Gasteiger partial charge on any atom is 0.322 e. The lowest BCUT2D eigenvalue weighted by Gasteiger charge is -2.32. The van der Waals surface area contributed by atoms with Crippen molar-refractivity contribution in [3.05, 3.63) is 98.6 Å². The summed E-state index contributed by atoms with van der Waals surface area (Å²) in [5, 5.41) is 5.00. The molecule has 2 aliphatic rings. The summed E-state index contributed by atoms with van der Waals surface area (Å²) in [5.74, 6) is 0.771. The van der Waals surface area contributed by atoms with Gasteiger partial charge in [0.2, 0.25) is 0 Å². The largest absolute Gasteiger partial charge is 0.497 e. The smallest absolute Gasteiger partial charge is 0.322 e. The van der Waals surface area contributed by atoms with Crippen LogP contribution in [0.2, 0.25) is 5.02 Å². The van der Waals surface area contributed by atoms with Gasteiger partial charge in [0.1, 0.15) is 10.8 Å². The first-order valence-corrected chi connectivity index (χ1v) is 13.5. The lowest BCUT2D eigenvalue weighted by molar-refractivity contribution is 0.194. The van der Waals surface area contributed by atoms with Crippen molar-refractivity contribution in [3.63, 3.8) is 0 Å². The van der Waals surface area contributed by atoms with Gasteiger partial charge in [0, 0.05) is 27.3 Å². The molecule has 5 nitrogen and oxygen atoms in total. The number of ether oxygens (including phenoxy) is 1. The van der Waals surface area contributed by atoms with Crippen LogP contribution in [0.3, 0.4) is 0 Å². The molecule has 0 saturated carbocycles. The number of nitrogens with zero attached hydrogens (tertiary/aromatic N) is 2. The second kappa shape index (κ2) is 9.34. The van der Waals surface area contributed by atoms with Gasteiger partial charge < -0.3 is 19.5 Å². The maximum atomic E-state index is 14.1. The van der Waals surface area contributed by atoms with E-state index in [-0.39, 0.29) is 12.1 Å². The van der Waals surface area contributed by atoms with E-state index in [9.17, 15) is 4.79 Å². The molecule has 2 aromatic heterocycles. The lowest BCUT2D eigenvalue weighted by atomic mass is 9.95. The van der Waals surface area contributed by atoms with Gasteiger partial charge in [-0.15, -0.1) is 11.3 Å². The Labute approximate surface area is 220 Å². The quantitative estimate of drug-likeness (QED) is 0.305. The summed E-state index contributed by atoms with van der Waals surface area (Å²) < 4.78 is 7.84. The van der Waals surface area contributed by atoms with E-state index in [0.29, 0.717) is 11.6 Å². The third kappa shape index (κ3) is 3.98. The van der Waals surface area contributed by atoms with E-state index in [1.807, 2.05) is 59.6 Å². The number of methoxy groups -OCH3 is 1. The minimum Gasteiger partial charge on any atom is -0.497 e. The zero-order valence-corrected chi connectivity index (χ0v) is 22.0. The van der Waals surface area contributed by atoms with Crippen LogP contribution in [0.25, 0.3) is 5.00 Å². The van der Waals surface area contributed by atoms with Gasteiger partial charge in [0.25, 0.3) is 0 Å². The molecule has 4 aromatic rings. The van der Waals surface area contributed by atoms with E-state index < -0.39 is 0 Å². The molecule has 0 fully saturated rings. The SMILES string of the molecule is COc1cccc([C@H]2c3cccn3-c3sc4c(c3CN2C(=O)Nc2cc(Cl)ccc2C)CCCC4)c1. The Morgan fingerprint density at radius 2 is 1.94 bits per heavy atom. The zero-order chi connectivity index (χ0) is 24.8. The van der Waals surface area contributed by atoms with Crippen LogP contribution in [0.1, 0.15) is 51.7 Å². The van der Waals surface area contributed by atoms with Gasteiger partial charge in [-0.1, -0.05) is 29.8 Å². The van der Waals surface area contributed by atoms with E-state index in [4.69, 9.17) is 16.3 Å². The molecular weight excluding hydrogens is 490 g/mol. The topological polar surface area (TPSA) is 46.5 Å². The monoisotopic (exact) mass is 517 g/mol. The summed E-state index contributed by atoms with van der Waals surface area (Å²) >= 11 is 8.16. The van der Waals surface area contributed by atoms with E-state index in [1.165, 1.54) is 33.8 Å². The van der Waals surface area contributed by atoms with Crippen molar-refractivity contribution in [1.29, 1.82) is 0 Å². The van der Waals surface area contributed by atoms with E-state index >= 15 is 0 Å². The fourth-order valence-electron chi connectivity index (χ4n) is 5.46. The first-order chi connectivity index (χ1) is 17.5. The summed E-state index contributed by atoms with van der Waals surface area (Å²) in [4.78, 5) is 17.5. The third-order valence-electron chi connectivity index (χ3n) is 7.29. The Bertz CT molecular complexity index is 1460. The van der Waals surface area contributed by atoms with Crippen LogP contribution in [-0.4, -0.2) is 22.6 Å². The summed E-state index contributed by atoms with van der Waals surface area (Å²) in [5.41, 5.74) is 6.48. The number of benzene rings is 2. The number of thiophene rings is 1. The summed E-state index contributed by atoms with van der Waals surface area (Å²) in [6.45, 7) is 2.52. The molecule has 1 N–H and O–H groups in total. The van der Waals surface area contributed by atoms with Gasteiger partial charge in [0.05, 0.1) is 25.4 Å². The van der Waals surface area contributed by atoms with E-state index in [1.54, 1.807) is 7.11 Å². The third-order valence-corrected chi connectivity index (χ3v) is 8.86. The molecule has 0 radical (unpaired) electrons. The second-order valence-corrected chi connectivity index (χ2v) is 11.0. The highest BCUT2D eigenvalue weighted by atomic mass is 35.5. The second-order valence-electron chi connectivity index (χ2n) is 9.49. The predicted molar refractivity (Wildman–Crippen MR) is 146 cm³/mol. The minimum atomic E-state index is -0.284. The van der Waals surface area contributed by atoms with Crippen molar-refractivity contribution in [2.45, 2.75) is 45.2 Å². The molecule has 0 spiro atoms. The predicted octanol–water partition coefficient (Wildman–Crippen LogP) is 7.53. The number of carbonyl (C=O) groups excluding carboxylic acids is 1. The average Bonchev–Trinajstić information content (AvgIpc) is 3.48. The number of rotatable bonds is 3. The molecule has 0 unspecified atom stereocenters. The van der Waals surface area contributed by atoms with Crippen LogP contribution in [0.5, 0.6) is 5.75 Å². The highest BCUT2D eigenvalue weighted by Gasteiger charge is 2.36. The standard InChI is InChI=1S/C29H28ClN3O2S/c1-18-12-13-20(30)16-24(18)31-29(34)33-17-23-22-9-3-4-11-26(22)36-28(23)32-14-6-10-25(32)27(33)19-7-5-8-21(15-19)35-2/h5-8,10,12-16,27H,3-4,9,11,17H2,1-2H3,(H,31,34)/t27-/m0/s1. The molecular formula is C29H28ClN3O2S. The van der Waals surface area contributed by atoms with Gasteiger partial charge in [-0.05, 0) is 85.7 Å². The Kier molecular flexibility index (Phi) is 6.02. The van der Waals surface area contributed by atoms with Gasteiger partial charge in [-0.25, -0.2) is 4.79 Å². The number of hydrogen-bond donors (Lipinski definition) is 1. The Morgan fingerprint density at radius 3 is 2.81 bits per heavy atom. The molecule has 3 heterocycles. The Morgan fingerprint density at radius 1 is 1.08 bits per heavy atom. The highest BCUT2D eigenvalue weighted by molar-refractivity contribution is 7.15. The first-order valence-electron chi connectivity index (χ1n) is 12.3. The number of anilines is 1. The molecule has 184 valence electrons. The molecule has 1 aliphatic heterocycles. The number of urea groups is 1. The Hall–Kier alpha value is -3.22. The van der Waals surface area contributed by atoms with Crippen molar-refractivity contribution >= 4 is 34.7 Å². The molecule has 2 aromatic carbocycles. The number of aryl methyl sites for hydroxylation is 2. The van der Waals surface area contributed by atoms with Crippen LogP contribution in [0.4, 0.5) is 10.5 Å². The summed E-state index contributed by atoms with van der Waals surface area (Å²) in [6.07, 6.45) is 6.75. The first kappa shape index (κ1) is 23.2. The van der Waals surface area contributed by atoms with Crippen LogP contribution in [0, 0.1) is 6.92 Å². The molecule has 6 rings (SSSR count). The number of hydrogen-bond acceptors (Lipinski definition) is 3. The number of amides is 2. The normalized spacial score (nSPS) is 16.5. The van der Waals surface area contributed by atoms with Gasteiger partial charge in [0.15, 0.2) is 0 Å². The molecule has 0 bridgehead atoms. The fourth-order valence-corrected chi connectivity index (χ4v) is 7.04. The van der Waals surface area contributed by atoms with Crippen LogP contribution in [-0.2, 0) is 19.4 Å². The molecule has 36 heavy (non-hydrogen) atoms. The van der Waals surface area contributed by atoms with E-state index in [2.05, 4.69) is 34.3 Å². The van der Waals surface area contributed by atoms with Crippen LogP contribution < -0.4 is 10.1 Å². The number of fused-ring (bicyclic) bond motifs is 5. The van der Waals surface area contributed by atoms with Crippen molar-refractivity contribution in [3.8, 4) is 10.8 Å².